The van der Waals surface area contributed by atoms with Gasteiger partial charge in [-0.1, -0.05) is 13.8 Å². The maximum atomic E-state index is 11.9. The van der Waals surface area contributed by atoms with E-state index in [-0.39, 0.29) is 17.6 Å². The van der Waals surface area contributed by atoms with Gasteiger partial charge in [0.1, 0.15) is 11.4 Å². The molecule has 0 bridgehead atoms. The molecule has 0 aliphatic carbocycles. The largest absolute Gasteiger partial charge is 0.508 e. The van der Waals surface area contributed by atoms with Gasteiger partial charge in [0.2, 0.25) is 0 Å². The van der Waals surface area contributed by atoms with Gasteiger partial charge in [0.05, 0.1) is 12.1 Å². The number of benzene rings is 1. The summed E-state index contributed by atoms with van der Waals surface area (Å²) < 4.78 is 0. The van der Waals surface area contributed by atoms with Crippen molar-refractivity contribution in [3.63, 3.8) is 0 Å². The van der Waals surface area contributed by atoms with Crippen molar-refractivity contribution in [1.29, 1.82) is 0 Å². The molecule has 4 heteroatoms. The van der Waals surface area contributed by atoms with Gasteiger partial charge in [-0.3, -0.25) is 9.63 Å². The smallest absolute Gasteiger partial charge is 0.253 e. The minimum Gasteiger partial charge on any atom is -0.508 e. The topological polar surface area (TPSA) is 49.8 Å². The van der Waals surface area contributed by atoms with Crippen LogP contribution in [0, 0.1) is 5.92 Å². The number of carbonyl (C=O) groups is 1. The third kappa shape index (κ3) is 2.13. The maximum Gasteiger partial charge on any atom is 0.253 e. The van der Waals surface area contributed by atoms with Crippen molar-refractivity contribution in [3.8, 4) is 5.75 Å². The standard InChI is InChI=1S/C13H17NO3/c1-9(2)13(3)8-12(16)14(17-13)10-4-6-11(15)7-5-10/h4-7,9,15H,8H2,1-3H3. The summed E-state index contributed by atoms with van der Waals surface area (Å²) in [7, 11) is 0. The van der Waals surface area contributed by atoms with Crippen LogP contribution in [0.3, 0.4) is 0 Å². The van der Waals surface area contributed by atoms with E-state index in [1.807, 2.05) is 20.8 Å². The third-order valence-electron chi connectivity index (χ3n) is 3.33. The molecule has 1 saturated heterocycles. The molecular weight excluding hydrogens is 218 g/mol. The van der Waals surface area contributed by atoms with Crippen LogP contribution in [0.5, 0.6) is 5.75 Å². The molecule has 1 fully saturated rings. The summed E-state index contributed by atoms with van der Waals surface area (Å²) in [6, 6.07) is 6.41. The number of hydrogen-bond acceptors (Lipinski definition) is 3. The predicted octanol–water partition coefficient (Wildman–Crippen LogP) is 2.48. The van der Waals surface area contributed by atoms with E-state index >= 15 is 0 Å². The van der Waals surface area contributed by atoms with E-state index < -0.39 is 5.60 Å². The van der Waals surface area contributed by atoms with E-state index in [0.717, 1.165) is 0 Å². The summed E-state index contributed by atoms with van der Waals surface area (Å²) in [5.41, 5.74) is 0.201. The minimum atomic E-state index is -0.449. The average Bonchev–Trinajstić information content (AvgIpc) is 2.57. The Morgan fingerprint density at radius 1 is 1.35 bits per heavy atom. The van der Waals surface area contributed by atoms with Crippen molar-refractivity contribution in [3.05, 3.63) is 24.3 Å². The van der Waals surface area contributed by atoms with E-state index in [9.17, 15) is 9.90 Å². The molecule has 1 N–H and O–H groups in total. The highest BCUT2D eigenvalue weighted by Crippen LogP contribution is 2.36. The summed E-state index contributed by atoms with van der Waals surface area (Å²) in [4.78, 5) is 17.7. The van der Waals surface area contributed by atoms with E-state index in [1.165, 1.54) is 17.2 Å². The number of rotatable bonds is 2. The Labute approximate surface area is 101 Å². The molecule has 92 valence electrons. The number of amides is 1. The van der Waals surface area contributed by atoms with Crippen LogP contribution in [0.4, 0.5) is 5.69 Å². The third-order valence-corrected chi connectivity index (χ3v) is 3.33. The predicted molar refractivity (Wildman–Crippen MR) is 64.5 cm³/mol. The number of phenolic OH excluding ortho intramolecular Hbond substituents is 1. The second-order valence-electron chi connectivity index (χ2n) is 4.94. The lowest BCUT2D eigenvalue weighted by molar-refractivity contribution is -0.119. The molecule has 1 heterocycles. The normalized spacial score (nSPS) is 24.7. The number of carbonyl (C=O) groups excluding carboxylic acids is 1. The van der Waals surface area contributed by atoms with E-state index in [1.54, 1.807) is 12.1 Å². The van der Waals surface area contributed by atoms with Crippen molar-refractivity contribution in [2.45, 2.75) is 32.8 Å². The molecule has 1 unspecified atom stereocenters. The number of anilines is 1. The summed E-state index contributed by atoms with van der Waals surface area (Å²) in [5.74, 6) is 0.382. The molecule has 1 aromatic carbocycles. The zero-order valence-corrected chi connectivity index (χ0v) is 10.3. The zero-order chi connectivity index (χ0) is 12.6. The Balaban J connectivity index is 2.24. The maximum absolute atomic E-state index is 11.9. The zero-order valence-electron chi connectivity index (χ0n) is 10.3. The van der Waals surface area contributed by atoms with Gasteiger partial charge < -0.3 is 5.11 Å². The van der Waals surface area contributed by atoms with Gasteiger partial charge >= 0.3 is 0 Å². The van der Waals surface area contributed by atoms with E-state index in [2.05, 4.69) is 0 Å². The quantitative estimate of drug-likeness (QED) is 0.856. The number of aromatic hydroxyl groups is 1. The molecule has 0 spiro atoms. The Morgan fingerprint density at radius 2 is 1.94 bits per heavy atom. The van der Waals surface area contributed by atoms with Crippen LogP contribution in [0.15, 0.2) is 24.3 Å². The van der Waals surface area contributed by atoms with Crippen LogP contribution in [0.2, 0.25) is 0 Å². The lowest BCUT2D eigenvalue weighted by atomic mass is 9.90. The SMILES string of the molecule is CC(C)C1(C)CC(=O)N(c2ccc(O)cc2)O1. The second-order valence-corrected chi connectivity index (χ2v) is 4.94. The van der Waals surface area contributed by atoms with Gasteiger partial charge in [0.25, 0.3) is 5.91 Å². The number of phenols is 1. The monoisotopic (exact) mass is 235 g/mol. The molecule has 0 radical (unpaired) electrons. The summed E-state index contributed by atoms with van der Waals surface area (Å²) in [6.45, 7) is 6.01. The molecule has 1 aromatic rings. The first kappa shape index (κ1) is 11.9. The van der Waals surface area contributed by atoms with Crippen molar-refractivity contribution in [2.75, 3.05) is 5.06 Å². The second kappa shape index (κ2) is 4.04. The average molecular weight is 235 g/mol. The van der Waals surface area contributed by atoms with Gasteiger partial charge in [0.15, 0.2) is 0 Å². The van der Waals surface area contributed by atoms with Crippen molar-refractivity contribution < 1.29 is 14.7 Å². The van der Waals surface area contributed by atoms with Gasteiger partial charge in [-0.15, -0.1) is 0 Å². The number of nitrogens with zero attached hydrogens (tertiary/aromatic N) is 1. The van der Waals surface area contributed by atoms with Crippen LogP contribution in [0.25, 0.3) is 0 Å². The first-order chi connectivity index (χ1) is 7.92. The van der Waals surface area contributed by atoms with Gasteiger partial charge in [-0.2, -0.15) is 5.06 Å². The molecule has 4 nitrogen and oxygen atoms in total. The molecule has 0 saturated carbocycles. The summed E-state index contributed by atoms with van der Waals surface area (Å²) >= 11 is 0. The Hall–Kier alpha value is -1.55. The van der Waals surface area contributed by atoms with Crippen molar-refractivity contribution >= 4 is 11.6 Å². The van der Waals surface area contributed by atoms with E-state index in [0.29, 0.717) is 12.1 Å². The van der Waals surface area contributed by atoms with Crippen molar-refractivity contribution in [1.82, 2.24) is 0 Å². The van der Waals surface area contributed by atoms with Gasteiger partial charge in [-0.25, -0.2) is 0 Å². The first-order valence-electron chi connectivity index (χ1n) is 5.73. The van der Waals surface area contributed by atoms with Crippen LogP contribution >= 0.6 is 0 Å². The highest BCUT2D eigenvalue weighted by Gasteiger charge is 2.44. The fraction of sp³-hybridized carbons (Fsp3) is 0.462. The molecule has 1 atom stereocenters. The lowest BCUT2D eigenvalue weighted by Gasteiger charge is -2.27. The number of hydrogen-bond donors (Lipinski definition) is 1. The highest BCUT2D eigenvalue weighted by atomic mass is 16.7. The molecular formula is C13H17NO3. The Kier molecular flexibility index (Phi) is 2.83. The summed E-state index contributed by atoms with van der Waals surface area (Å²) in [6.07, 6.45) is 0.380. The molecule has 0 aromatic heterocycles. The van der Waals surface area contributed by atoms with E-state index in [4.69, 9.17) is 4.84 Å². The molecule has 1 aliphatic rings. The molecule has 2 rings (SSSR count). The first-order valence-corrected chi connectivity index (χ1v) is 5.73. The highest BCUT2D eigenvalue weighted by molar-refractivity contribution is 5.93. The van der Waals surface area contributed by atoms with Crippen LogP contribution < -0.4 is 5.06 Å². The van der Waals surface area contributed by atoms with Gasteiger partial charge in [0, 0.05) is 0 Å². The molecule has 17 heavy (non-hydrogen) atoms. The lowest BCUT2D eigenvalue weighted by Crippen LogP contribution is -2.32. The van der Waals surface area contributed by atoms with Gasteiger partial charge in [-0.05, 0) is 37.1 Å². The van der Waals surface area contributed by atoms with Crippen molar-refractivity contribution in [2.24, 2.45) is 5.92 Å². The van der Waals surface area contributed by atoms with Crippen LogP contribution in [0.1, 0.15) is 27.2 Å². The minimum absolute atomic E-state index is 0.0492. The fourth-order valence-electron chi connectivity index (χ4n) is 1.76. The molecule has 1 aliphatic heterocycles. The Bertz CT molecular complexity index is 427. The summed E-state index contributed by atoms with van der Waals surface area (Å²) in [5, 5.41) is 10.5. The number of hydroxylamine groups is 1. The fourth-order valence-corrected chi connectivity index (χ4v) is 1.76. The Morgan fingerprint density at radius 3 is 2.41 bits per heavy atom. The van der Waals surface area contributed by atoms with Crippen LogP contribution in [-0.2, 0) is 9.63 Å². The molecule has 1 amide bonds. The van der Waals surface area contributed by atoms with Crippen LogP contribution in [-0.4, -0.2) is 16.6 Å².